The molecular formula is C12H16ClNO4. The molecule has 1 unspecified atom stereocenters. The summed E-state index contributed by atoms with van der Waals surface area (Å²) >= 11 is 6.16. The molecule has 18 heavy (non-hydrogen) atoms. The number of ether oxygens (including phenoxy) is 2. The lowest BCUT2D eigenvalue weighted by molar-refractivity contribution is -0.139. The molecule has 6 heteroatoms. The molecule has 1 aromatic carbocycles. The first-order valence-corrected chi connectivity index (χ1v) is 5.81. The van der Waals surface area contributed by atoms with Crippen molar-refractivity contribution >= 4 is 17.6 Å². The number of methoxy groups -OCH3 is 2. The van der Waals surface area contributed by atoms with Crippen molar-refractivity contribution in [3.8, 4) is 11.5 Å². The molecule has 2 N–H and O–H groups in total. The Morgan fingerprint density at radius 3 is 2.56 bits per heavy atom. The molecule has 0 radical (unpaired) electrons. The van der Waals surface area contributed by atoms with Crippen molar-refractivity contribution in [2.24, 2.45) is 0 Å². The molecule has 100 valence electrons. The van der Waals surface area contributed by atoms with Gasteiger partial charge in [0.15, 0.2) is 11.5 Å². The van der Waals surface area contributed by atoms with Gasteiger partial charge in [-0.3, -0.25) is 4.79 Å². The Morgan fingerprint density at radius 1 is 1.44 bits per heavy atom. The van der Waals surface area contributed by atoms with Crippen molar-refractivity contribution in [3.05, 3.63) is 22.7 Å². The zero-order valence-corrected chi connectivity index (χ0v) is 11.2. The third-order valence-corrected chi connectivity index (χ3v) is 2.87. The van der Waals surface area contributed by atoms with Gasteiger partial charge in [0.1, 0.15) is 6.04 Å². The molecule has 0 amide bonds. The number of hydrogen-bond acceptors (Lipinski definition) is 4. The standard InChI is InChI=1S/C12H16ClNO4/c1-4-14-10(12(15)16)7-5-6-8(17-2)11(18-3)9(7)13/h5-6,10,14H,4H2,1-3H3,(H,15,16). The fraction of sp³-hybridized carbons (Fsp3) is 0.417. The van der Waals surface area contributed by atoms with E-state index in [1.165, 1.54) is 14.2 Å². The number of benzene rings is 1. The molecule has 0 aliphatic heterocycles. The van der Waals surface area contributed by atoms with E-state index in [9.17, 15) is 9.90 Å². The van der Waals surface area contributed by atoms with Crippen LogP contribution in [0.2, 0.25) is 5.02 Å². The van der Waals surface area contributed by atoms with Gasteiger partial charge in [-0.05, 0) is 12.6 Å². The van der Waals surface area contributed by atoms with E-state index < -0.39 is 12.0 Å². The average Bonchev–Trinajstić information content (AvgIpc) is 2.35. The van der Waals surface area contributed by atoms with Gasteiger partial charge >= 0.3 is 5.97 Å². The van der Waals surface area contributed by atoms with E-state index in [4.69, 9.17) is 21.1 Å². The number of aliphatic carboxylic acids is 1. The largest absolute Gasteiger partial charge is 0.493 e. The first-order valence-electron chi connectivity index (χ1n) is 5.43. The molecule has 0 fully saturated rings. The minimum atomic E-state index is -0.994. The second kappa shape index (κ2) is 6.47. The van der Waals surface area contributed by atoms with Crippen LogP contribution in [0.5, 0.6) is 11.5 Å². The number of halogens is 1. The van der Waals surface area contributed by atoms with E-state index in [0.717, 1.165) is 0 Å². The van der Waals surface area contributed by atoms with Gasteiger partial charge in [0.05, 0.1) is 19.2 Å². The van der Waals surface area contributed by atoms with Crippen molar-refractivity contribution in [1.82, 2.24) is 5.32 Å². The summed E-state index contributed by atoms with van der Waals surface area (Å²) in [5.74, 6) is -0.196. The first-order chi connectivity index (χ1) is 8.56. The molecule has 0 aliphatic rings. The van der Waals surface area contributed by atoms with Crippen molar-refractivity contribution in [2.75, 3.05) is 20.8 Å². The van der Waals surface area contributed by atoms with E-state index in [-0.39, 0.29) is 5.02 Å². The van der Waals surface area contributed by atoms with Crippen LogP contribution in [0.15, 0.2) is 12.1 Å². The van der Waals surface area contributed by atoms with E-state index in [2.05, 4.69) is 5.32 Å². The lowest BCUT2D eigenvalue weighted by atomic mass is 10.1. The molecule has 0 aliphatic carbocycles. The Kier molecular flexibility index (Phi) is 5.25. The maximum atomic E-state index is 11.2. The zero-order chi connectivity index (χ0) is 13.7. The number of hydrogen-bond donors (Lipinski definition) is 2. The van der Waals surface area contributed by atoms with E-state index in [1.54, 1.807) is 12.1 Å². The molecule has 1 rings (SSSR count). The quantitative estimate of drug-likeness (QED) is 0.831. The van der Waals surface area contributed by atoms with Gasteiger partial charge in [-0.25, -0.2) is 0 Å². The predicted molar refractivity (Wildman–Crippen MR) is 68.6 cm³/mol. The van der Waals surface area contributed by atoms with Crippen molar-refractivity contribution in [2.45, 2.75) is 13.0 Å². The lowest BCUT2D eigenvalue weighted by Crippen LogP contribution is -2.28. The van der Waals surface area contributed by atoms with Crippen LogP contribution in [0.3, 0.4) is 0 Å². The highest BCUT2D eigenvalue weighted by atomic mass is 35.5. The van der Waals surface area contributed by atoms with E-state index in [0.29, 0.717) is 23.6 Å². The second-order valence-electron chi connectivity index (χ2n) is 3.53. The van der Waals surface area contributed by atoms with Crippen LogP contribution in [0.4, 0.5) is 0 Å². The molecule has 0 bridgehead atoms. The Bertz CT molecular complexity index is 436. The van der Waals surface area contributed by atoms with Crippen LogP contribution in [0, 0.1) is 0 Å². The highest BCUT2D eigenvalue weighted by molar-refractivity contribution is 6.33. The molecule has 0 saturated carbocycles. The summed E-state index contributed by atoms with van der Waals surface area (Å²) in [7, 11) is 2.95. The van der Waals surface area contributed by atoms with Gasteiger partial charge in [0.25, 0.3) is 0 Å². The van der Waals surface area contributed by atoms with Crippen molar-refractivity contribution in [3.63, 3.8) is 0 Å². The van der Waals surface area contributed by atoms with Gasteiger partial charge in [-0.2, -0.15) is 0 Å². The third kappa shape index (κ3) is 2.86. The highest BCUT2D eigenvalue weighted by Crippen LogP contribution is 2.39. The SMILES string of the molecule is CCNC(C(=O)O)c1ccc(OC)c(OC)c1Cl. The second-order valence-corrected chi connectivity index (χ2v) is 3.91. The van der Waals surface area contributed by atoms with E-state index >= 15 is 0 Å². The monoisotopic (exact) mass is 273 g/mol. The van der Waals surface area contributed by atoms with E-state index in [1.807, 2.05) is 6.92 Å². The van der Waals surface area contributed by atoms with Gasteiger partial charge in [0, 0.05) is 5.56 Å². The number of likely N-dealkylation sites (N-methyl/N-ethyl adjacent to an activating group) is 1. The smallest absolute Gasteiger partial charge is 0.325 e. The summed E-state index contributed by atoms with van der Waals surface area (Å²) in [6.45, 7) is 2.34. The molecule has 0 aromatic heterocycles. The molecule has 0 heterocycles. The van der Waals surface area contributed by atoms with Gasteiger partial charge in [0.2, 0.25) is 0 Å². The molecular weight excluding hydrogens is 258 g/mol. The third-order valence-electron chi connectivity index (χ3n) is 2.48. The van der Waals surface area contributed by atoms with Crippen molar-refractivity contribution in [1.29, 1.82) is 0 Å². The van der Waals surface area contributed by atoms with Crippen LogP contribution >= 0.6 is 11.6 Å². The summed E-state index contributed by atoms with van der Waals surface area (Å²) in [5.41, 5.74) is 0.448. The zero-order valence-electron chi connectivity index (χ0n) is 10.5. The lowest BCUT2D eigenvalue weighted by Gasteiger charge is -2.18. The maximum absolute atomic E-state index is 11.2. The van der Waals surface area contributed by atoms with Crippen LogP contribution in [-0.4, -0.2) is 31.8 Å². The average molecular weight is 274 g/mol. The van der Waals surface area contributed by atoms with Gasteiger partial charge in [-0.15, -0.1) is 0 Å². The summed E-state index contributed by atoms with van der Waals surface area (Å²) in [5, 5.41) is 12.3. The van der Waals surface area contributed by atoms with Crippen LogP contribution in [0.25, 0.3) is 0 Å². The predicted octanol–water partition coefficient (Wildman–Crippen LogP) is 2.09. The number of rotatable bonds is 6. The fourth-order valence-corrected chi connectivity index (χ4v) is 2.00. The topological polar surface area (TPSA) is 67.8 Å². The fourth-order valence-electron chi connectivity index (χ4n) is 1.66. The molecule has 1 aromatic rings. The number of carboxylic acid groups (broad SMARTS) is 1. The first kappa shape index (κ1) is 14.6. The number of nitrogens with one attached hydrogen (secondary N) is 1. The van der Waals surface area contributed by atoms with Crippen LogP contribution in [-0.2, 0) is 4.79 Å². The summed E-state index contributed by atoms with van der Waals surface area (Å²) < 4.78 is 10.2. The van der Waals surface area contributed by atoms with Crippen LogP contribution < -0.4 is 14.8 Å². The van der Waals surface area contributed by atoms with Gasteiger partial charge < -0.3 is 19.9 Å². The molecule has 5 nitrogen and oxygen atoms in total. The Labute approximate surface area is 111 Å². The Balaban J connectivity index is 3.27. The molecule has 0 spiro atoms. The minimum Gasteiger partial charge on any atom is -0.493 e. The Hall–Kier alpha value is -1.46. The Morgan fingerprint density at radius 2 is 2.11 bits per heavy atom. The minimum absolute atomic E-state index is 0.241. The summed E-state index contributed by atoms with van der Waals surface area (Å²) in [6, 6.07) is 2.38. The summed E-state index contributed by atoms with van der Waals surface area (Å²) in [4.78, 5) is 11.2. The number of carboxylic acids is 1. The van der Waals surface area contributed by atoms with Gasteiger partial charge in [-0.1, -0.05) is 24.6 Å². The highest BCUT2D eigenvalue weighted by Gasteiger charge is 2.24. The normalized spacial score (nSPS) is 12.0. The van der Waals surface area contributed by atoms with Crippen LogP contribution in [0.1, 0.15) is 18.5 Å². The van der Waals surface area contributed by atoms with Crippen molar-refractivity contribution < 1.29 is 19.4 Å². The summed E-state index contributed by atoms with van der Waals surface area (Å²) in [6.07, 6.45) is 0. The maximum Gasteiger partial charge on any atom is 0.325 e. The number of carbonyl (C=O) groups is 1. The molecule has 1 atom stereocenters. The molecule has 0 saturated heterocycles.